The first-order valence-electron chi connectivity index (χ1n) is 12.8. The summed E-state index contributed by atoms with van der Waals surface area (Å²) in [6, 6.07) is 8.57. The molecule has 2 aromatic carbocycles. The minimum absolute atomic E-state index is 0.0183. The number of amides is 2. The van der Waals surface area contributed by atoms with E-state index in [4.69, 9.17) is 11.2 Å². The van der Waals surface area contributed by atoms with Crippen molar-refractivity contribution in [3.63, 3.8) is 0 Å². The molecule has 0 atom stereocenters. The van der Waals surface area contributed by atoms with Crippen LogP contribution >= 0.6 is 0 Å². The first kappa shape index (κ1) is 30.0. The van der Waals surface area contributed by atoms with Gasteiger partial charge in [0.25, 0.3) is 5.91 Å². The Morgan fingerprint density at radius 1 is 1.05 bits per heavy atom. The monoisotopic (exact) mass is 544 g/mol. The summed E-state index contributed by atoms with van der Waals surface area (Å²) >= 11 is 0. The number of halogens is 3. The molecule has 0 unspecified atom stereocenters. The molecule has 0 radical (unpaired) electrons. The first-order valence-corrected chi connectivity index (χ1v) is 12.8. The third kappa shape index (κ3) is 8.73. The van der Waals surface area contributed by atoms with Crippen LogP contribution in [0, 0.1) is 19.3 Å². The molecule has 3 rings (SSSR count). The van der Waals surface area contributed by atoms with Gasteiger partial charge in [0, 0.05) is 62.6 Å². The van der Waals surface area contributed by atoms with Gasteiger partial charge in [0.15, 0.2) is 0 Å². The van der Waals surface area contributed by atoms with E-state index in [0.717, 1.165) is 11.6 Å². The van der Waals surface area contributed by atoms with Crippen molar-refractivity contribution in [2.45, 2.75) is 46.0 Å². The van der Waals surface area contributed by atoms with E-state index in [9.17, 15) is 22.8 Å². The average molecular weight is 545 g/mol. The Morgan fingerprint density at radius 3 is 2.36 bits per heavy atom. The molecule has 1 fully saturated rings. The molecule has 1 aliphatic heterocycles. The number of ether oxygens (including phenoxy) is 1. The van der Waals surface area contributed by atoms with E-state index in [1.165, 1.54) is 18.2 Å². The molecule has 39 heavy (non-hydrogen) atoms. The zero-order valence-electron chi connectivity index (χ0n) is 22.7. The topological polar surface area (TPSA) is 73.9 Å². The number of hydrogen-bond donors (Lipinski definition) is 2. The molecule has 0 bridgehead atoms. The van der Waals surface area contributed by atoms with Crippen molar-refractivity contribution in [3.05, 3.63) is 64.2 Å². The van der Waals surface area contributed by atoms with Crippen LogP contribution in [0.1, 0.15) is 53.4 Å². The Balaban J connectivity index is 1.53. The maximum Gasteiger partial charge on any atom is 0.416 e. The van der Waals surface area contributed by atoms with Crippen LogP contribution in [-0.2, 0) is 17.5 Å². The zero-order valence-corrected chi connectivity index (χ0v) is 22.7. The van der Waals surface area contributed by atoms with Crippen molar-refractivity contribution in [2.24, 2.45) is 0 Å². The number of nitrogens with zero attached hydrogens (tertiary/aromatic N) is 2. The van der Waals surface area contributed by atoms with E-state index >= 15 is 0 Å². The van der Waals surface area contributed by atoms with Crippen LogP contribution in [0.4, 0.5) is 23.7 Å². The predicted molar refractivity (Wildman–Crippen MR) is 144 cm³/mol. The maximum absolute atomic E-state index is 13.8. The molecule has 1 heterocycles. The summed E-state index contributed by atoms with van der Waals surface area (Å²) < 4.78 is 46.9. The number of hydrogen-bond acceptors (Lipinski definition) is 5. The molecule has 0 saturated carbocycles. The van der Waals surface area contributed by atoms with E-state index in [1.54, 1.807) is 17.0 Å². The molecule has 210 valence electrons. The third-order valence-corrected chi connectivity index (χ3v) is 6.27. The summed E-state index contributed by atoms with van der Waals surface area (Å²) in [5.74, 6) is 1.95. The van der Waals surface area contributed by atoms with E-state index in [0.29, 0.717) is 44.8 Å². The summed E-state index contributed by atoms with van der Waals surface area (Å²) in [7, 11) is 0. The fourth-order valence-corrected chi connectivity index (χ4v) is 4.14. The zero-order chi connectivity index (χ0) is 28.8. The highest BCUT2D eigenvalue weighted by Crippen LogP contribution is 2.34. The van der Waals surface area contributed by atoms with E-state index in [1.807, 2.05) is 27.7 Å². The Morgan fingerprint density at radius 2 is 1.74 bits per heavy atom. The van der Waals surface area contributed by atoms with Gasteiger partial charge < -0.3 is 20.3 Å². The summed E-state index contributed by atoms with van der Waals surface area (Å²) in [6.07, 6.45) is 0.525. The summed E-state index contributed by atoms with van der Waals surface area (Å²) in [5.41, 5.74) is 0.400. The second-order valence-corrected chi connectivity index (χ2v) is 10.5. The van der Waals surface area contributed by atoms with Gasteiger partial charge in [-0.3, -0.25) is 9.69 Å². The molecule has 1 aliphatic rings. The lowest BCUT2D eigenvalue weighted by atomic mass is 10.0. The first-order chi connectivity index (χ1) is 18.3. The number of piperazine rings is 1. The van der Waals surface area contributed by atoms with Crippen LogP contribution in [0.2, 0.25) is 0 Å². The Bertz CT molecular complexity index is 1220. The van der Waals surface area contributed by atoms with Crippen LogP contribution in [0.25, 0.3) is 0 Å². The highest BCUT2D eigenvalue weighted by Gasteiger charge is 2.33. The van der Waals surface area contributed by atoms with Crippen LogP contribution in [0.3, 0.4) is 0 Å². The highest BCUT2D eigenvalue weighted by atomic mass is 19.4. The van der Waals surface area contributed by atoms with Gasteiger partial charge in [-0.15, -0.1) is 6.42 Å². The molecule has 2 N–H and O–H groups in total. The Labute approximate surface area is 227 Å². The molecule has 0 aromatic heterocycles. The van der Waals surface area contributed by atoms with E-state index in [-0.39, 0.29) is 29.5 Å². The van der Waals surface area contributed by atoms with Gasteiger partial charge in [0.05, 0.1) is 5.56 Å². The number of benzene rings is 2. The number of carbonyl (C=O) groups is 2. The SMILES string of the molecule is C#Cc1cc(C(=O)Nc2ccc(CNCCN3CCN(C(=O)OC(C)(C)C)CC3)c(C(F)(F)F)c2)ccc1C. The third-order valence-electron chi connectivity index (χ3n) is 6.27. The van der Waals surface area contributed by atoms with Crippen molar-refractivity contribution >= 4 is 17.7 Å². The van der Waals surface area contributed by atoms with Gasteiger partial charge in [-0.05, 0) is 63.1 Å². The normalized spacial score (nSPS) is 14.6. The minimum atomic E-state index is -4.59. The van der Waals surface area contributed by atoms with Gasteiger partial charge in [0.1, 0.15) is 5.60 Å². The highest BCUT2D eigenvalue weighted by molar-refractivity contribution is 6.04. The molecular weight excluding hydrogens is 509 g/mol. The van der Waals surface area contributed by atoms with Crippen LogP contribution in [0.5, 0.6) is 0 Å². The Hall–Kier alpha value is -3.55. The molecule has 7 nitrogen and oxygen atoms in total. The molecule has 0 spiro atoms. The van der Waals surface area contributed by atoms with Crippen LogP contribution in [-0.4, -0.2) is 66.7 Å². The Kier molecular flexibility index (Phi) is 9.64. The minimum Gasteiger partial charge on any atom is -0.444 e. The molecule has 0 aliphatic carbocycles. The smallest absolute Gasteiger partial charge is 0.416 e. The number of aryl methyl sites for hydroxylation is 1. The summed E-state index contributed by atoms with van der Waals surface area (Å²) in [4.78, 5) is 28.6. The van der Waals surface area contributed by atoms with E-state index in [2.05, 4.69) is 21.5 Å². The van der Waals surface area contributed by atoms with Gasteiger partial charge in [-0.2, -0.15) is 13.2 Å². The number of rotatable bonds is 7. The quantitative estimate of drug-likeness (QED) is 0.384. The van der Waals surface area contributed by atoms with E-state index < -0.39 is 23.2 Å². The molecule has 2 aromatic rings. The predicted octanol–water partition coefficient (Wildman–Crippen LogP) is 4.89. The molecular formula is C29H35F3N4O3. The lowest BCUT2D eigenvalue weighted by Gasteiger charge is -2.35. The van der Waals surface area contributed by atoms with Crippen LogP contribution < -0.4 is 10.6 Å². The van der Waals surface area contributed by atoms with Crippen molar-refractivity contribution in [2.75, 3.05) is 44.6 Å². The number of anilines is 1. The lowest BCUT2D eigenvalue weighted by Crippen LogP contribution is -2.51. The molecule has 2 amide bonds. The summed E-state index contributed by atoms with van der Waals surface area (Å²) in [6.45, 7) is 10.8. The second kappa shape index (κ2) is 12.5. The molecule has 1 saturated heterocycles. The second-order valence-electron chi connectivity index (χ2n) is 10.5. The van der Waals surface area contributed by atoms with Gasteiger partial charge in [-0.25, -0.2) is 4.79 Å². The standard InChI is InChI=1S/C29H35F3N4O3/c1-6-21-17-22(8-7-20(21)2)26(37)34-24-10-9-23(25(18-24)29(30,31)32)19-33-11-12-35-13-15-36(16-14-35)27(38)39-28(3,4)5/h1,7-10,17-18,33H,11-16,19H2,2-5H3,(H,34,37). The van der Waals surface area contributed by atoms with Crippen LogP contribution in [0.15, 0.2) is 36.4 Å². The maximum atomic E-state index is 13.8. The van der Waals surface area contributed by atoms with Gasteiger partial charge in [0.2, 0.25) is 0 Å². The largest absolute Gasteiger partial charge is 0.444 e. The summed E-state index contributed by atoms with van der Waals surface area (Å²) in [5, 5.41) is 5.61. The van der Waals surface area contributed by atoms with Crippen molar-refractivity contribution in [3.8, 4) is 12.3 Å². The lowest BCUT2D eigenvalue weighted by molar-refractivity contribution is -0.138. The number of nitrogens with one attached hydrogen (secondary N) is 2. The van der Waals surface area contributed by atoms with Crippen molar-refractivity contribution in [1.29, 1.82) is 0 Å². The molecule has 10 heteroatoms. The van der Waals surface area contributed by atoms with Gasteiger partial charge >= 0.3 is 12.3 Å². The number of carbonyl (C=O) groups excluding carboxylic acids is 2. The number of terminal acetylenes is 1. The van der Waals surface area contributed by atoms with Gasteiger partial charge in [-0.1, -0.05) is 18.1 Å². The average Bonchev–Trinajstić information content (AvgIpc) is 2.86. The number of alkyl halides is 3. The van der Waals surface area contributed by atoms with Crippen molar-refractivity contribution in [1.82, 2.24) is 15.1 Å². The fraction of sp³-hybridized carbons (Fsp3) is 0.448. The van der Waals surface area contributed by atoms with Crippen molar-refractivity contribution < 1.29 is 27.5 Å². The fourth-order valence-electron chi connectivity index (χ4n) is 4.14.